The zero-order valence-electron chi connectivity index (χ0n) is 8.33. The van der Waals surface area contributed by atoms with Crippen molar-refractivity contribution in [2.24, 2.45) is 0 Å². The Morgan fingerprint density at radius 3 is 2.60 bits per heavy atom. The smallest absolute Gasteiger partial charge is 0.319 e. The molecular weight excluding hydrogens is 307 g/mol. The minimum absolute atomic E-state index is 0.0693. The van der Waals surface area contributed by atoms with Crippen molar-refractivity contribution in [1.82, 2.24) is 5.32 Å². The van der Waals surface area contributed by atoms with E-state index in [1.807, 2.05) is 24.3 Å². The van der Waals surface area contributed by atoms with Crippen molar-refractivity contribution in [1.29, 1.82) is 0 Å². The second-order valence-electron chi connectivity index (χ2n) is 3.19. The van der Waals surface area contributed by atoms with Crippen molar-refractivity contribution in [2.45, 2.75) is 13.0 Å². The van der Waals surface area contributed by atoms with Crippen molar-refractivity contribution < 1.29 is 9.90 Å². The Hall–Kier alpha value is -0.820. The molecule has 0 aromatic heterocycles. The lowest BCUT2D eigenvalue weighted by molar-refractivity contribution is 0.229. The monoisotopic (exact) mass is 320 g/mol. The molecule has 0 aliphatic rings. The highest BCUT2D eigenvalue weighted by molar-refractivity contribution is 14.1. The van der Waals surface area contributed by atoms with E-state index in [0.717, 1.165) is 9.26 Å². The lowest BCUT2D eigenvalue weighted by Crippen LogP contribution is -2.38. The molecule has 0 fully saturated rings. The normalized spacial score (nSPS) is 11.9. The first-order valence-corrected chi connectivity index (χ1v) is 5.63. The second-order valence-corrected chi connectivity index (χ2v) is 4.43. The lowest BCUT2D eigenvalue weighted by Gasteiger charge is -2.11. The zero-order chi connectivity index (χ0) is 11.3. The fraction of sp³-hybridized carbons (Fsp3) is 0.300. The summed E-state index contributed by atoms with van der Waals surface area (Å²) in [5.74, 6) is 0. The number of amides is 2. The molecule has 0 heterocycles. The number of anilines is 1. The minimum Gasteiger partial charge on any atom is -0.394 e. The van der Waals surface area contributed by atoms with Gasteiger partial charge < -0.3 is 15.7 Å². The van der Waals surface area contributed by atoms with E-state index in [1.165, 1.54) is 0 Å². The summed E-state index contributed by atoms with van der Waals surface area (Å²) in [7, 11) is 0. The molecule has 0 spiro atoms. The number of aliphatic hydroxyl groups excluding tert-OH is 1. The molecule has 15 heavy (non-hydrogen) atoms. The average Bonchev–Trinajstić information content (AvgIpc) is 2.21. The summed E-state index contributed by atoms with van der Waals surface area (Å²) in [6.07, 6.45) is 0. The molecule has 0 saturated heterocycles. The highest BCUT2D eigenvalue weighted by Crippen LogP contribution is 2.10. The quantitative estimate of drug-likeness (QED) is 0.744. The molecule has 1 aromatic carbocycles. The van der Waals surface area contributed by atoms with Gasteiger partial charge in [-0.15, -0.1) is 0 Å². The molecule has 1 atom stereocenters. The Kier molecular flexibility index (Phi) is 4.83. The molecule has 1 rings (SSSR count). The van der Waals surface area contributed by atoms with Gasteiger partial charge >= 0.3 is 6.03 Å². The first-order valence-electron chi connectivity index (χ1n) is 4.55. The number of carbonyl (C=O) groups is 1. The maximum Gasteiger partial charge on any atom is 0.319 e. The van der Waals surface area contributed by atoms with Gasteiger partial charge in [-0.1, -0.05) is 0 Å². The number of aliphatic hydroxyl groups is 1. The van der Waals surface area contributed by atoms with Gasteiger partial charge in [-0.05, 0) is 53.8 Å². The Morgan fingerprint density at radius 2 is 2.07 bits per heavy atom. The molecular formula is C10H13IN2O2. The van der Waals surface area contributed by atoms with E-state index in [4.69, 9.17) is 5.11 Å². The van der Waals surface area contributed by atoms with Gasteiger partial charge in [0.05, 0.1) is 12.6 Å². The van der Waals surface area contributed by atoms with Crippen LogP contribution in [-0.4, -0.2) is 23.8 Å². The summed E-state index contributed by atoms with van der Waals surface area (Å²) in [6.45, 7) is 1.66. The third-order valence-corrected chi connectivity index (χ3v) is 2.47. The summed E-state index contributed by atoms with van der Waals surface area (Å²) in [4.78, 5) is 11.3. The zero-order valence-corrected chi connectivity index (χ0v) is 10.5. The topological polar surface area (TPSA) is 61.4 Å². The van der Waals surface area contributed by atoms with E-state index in [-0.39, 0.29) is 18.7 Å². The fourth-order valence-electron chi connectivity index (χ4n) is 0.970. The molecule has 4 nitrogen and oxygen atoms in total. The minimum atomic E-state index is -0.308. The predicted octanol–water partition coefficient (Wildman–Crippen LogP) is 1.79. The van der Waals surface area contributed by atoms with Crippen LogP contribution < -0.4 is 10.6 Å². The highest BCUT2D eigenvalue weighted by atomic mass is 127. The van der Waals surface area contributed by atoms with Crippen LogP contribution in [0.25, 0.3) is 0 Å². The van der Waals surface area contributed by atoms with Gasteiger partial charge in [0.15, 0.2) is 0 Å². The van der Waals surface area contributed by atoms with E-state index >= 15 is 0 Å². The van der Waals surface area contributed by atoms with Crippen molar-refractivity contribution >= 4 is 34.3 Å². The molecule has 2 amide bonds. The lowest BCUT2D eigenvalue weighted by atomic mass is 10.3. The molecule has 1 unspecified atom stereocenters. The van der Waals surface area contributed by atoms with Crippen LogP contribution in [0.3, 0.4) is 0 Å². The molecule has 0 radical (unpaired) electrons. The maximum absolute atomic E-state index is 11.3. The van der Waals surface area contributed by atoms with Crippen molar-refractivity contribution in [3.05, 3.63) is 27.8 Å². The van der Waals surface area contributed by atoms with Crippen LogP contribution in [0.2, 0.25) is 0 Å². The Morgan fingerprint density at radius 1 is 1.47 bits per heavy atom. The number of urea groups is 1. The van der Waals surface area contributed by atoms with Gasteiger partial charge in [-0.3, -0.25) is 0 Å². The summed E-state index contributed by atoms with van der Waals surface area (Å²) in [5.41, 5.74) is 0.734. The van der Waals surface area contributed by atoms with E-state index in [1.54, 1.807) is 6.92 Å². The first kappa shape index (κ1) is 12.3. The van der Waals surface area contributed by atoms with Crippen molar-refractivity contribution in [3.8, 4) is 0 Å². The van der Waals surface area contributed by atoms with Gasteiger partial charge in [0.25, 0.3) is 0 Å². The van der Waals surface area contributed by atoms with Gasteiger partial charge in [0, 0.05) is 9.26 Å². The molecule has 0 aliphatic carbocycles. The highest BCUT2D eigenvalue weighted by Gasteiger charge is 2.05. The Balaban J connectivity index is 2.48. The molecule has 0 saturated carbocycles. The van der Waals surface area contributed by atoms with E-state index in [2.05, 4.69) is 33.2 Å². The number of nitrogens with one attached hydrogen (secondary N) is 2. The van der Waals surface area contributed by atoms with Crippen molar-refractivity contribution in [2.75, 3.05) is 11.9 Å². The number of hydrogen-bond acceptors (Lipinski definition) is 2. The SMILES string of the molecule is CC(CO)NC(=O)Nc1ccc(I)cc1. The van der Waals surface area contributed by atoms with Gasteiger partial charge in [-0.25, -0.2) is 4.79 Å². The number of rotatable bonds is 3. The van der Waals surface area contributed by atoms with Crippen LogP contribution in [0.4, 0.5) is 10.5 Å². The molecule has 0 aliphatic heterocycles. The molecule has 82 valence electrons. The molecule has 1 aromatic rings. The largest absolute Gasteiger partial charge is 0.394 e. The number of carbonyl (C=O) groups excluding carboxylic acids is 1. The Bertz CT molecular complexity index is 327. The molecule has 3 N–H and O–H groups in total. The summed E-state index contributed by atoms with van der Waals surface area (Å²) in [6, 6.07) is 6.92. The predicted molar refractivity (Wildman–Crippen MR) is 67.9 cm³/mol. The number of benzene rings is 1. The second kappa shape index (κ2) is 5.92. The van der Waals surface area contributed by atoms with E-state index in [9.17, 15) is 4.79 Å². The van der Waals surface area contributed by atoms with Crippen LogP contribution in [0.5, 0.6) is 0 Å². The van der Waals surface area contributed by atoms with Crippen LogP contribution in [-0.2, 0) is 0 Å². The third kappa shape index (κ3) is 4.48. The number of hydrogen-bond donors (Lipinski definition) is 3. The van der Waals surface area contributed by atoms with Gasteiger partial charge in [0.1, 0.15) is 0 Å². The maximum atomic E-state index is 11.3. The van der Waals surface area contributed by atoms with Crippen LogP contribution in [0, 0.1) is 3.57 Å². The first-order chi connectivity index (χ1) is 7.11. The van der Waals surface area contributed by atoms with E-state index < -0.39 is 0 Å². The average molecular weight is 320 g/mol. The standard InChI is InChI=1S/C10H13IN2O2/c1-7(6-14)12-10(15)13-9-4-2-8(11)3-5-9/h2-5,7,14H,6H2,1H3,(H2,12,13,15). The van der Waals surface area contributed by atoms with Crippen LogP contribution >= 0.6 is 22.6 Å². The molecule has 5 heteroatoms. The summed E-state index contributed by atoms with van der Waals surface area (Å²) in [5, 5.41) is 14.0. The van der Waals surface area contributed by atoms with Crippen molar-refractivity contribution in [3.63, 3.8) is 0 Å². The van der Waals surface area contributed by atoms with Crippen LogP contribution in [0.15, 0.2) is 24.3 Å². The fourth-order valence-corrected chi connectivity index (χ4v) is 1.33. The molecule has 0 bridgehead atoms. The summed E-state index contributed by atoms with van der Waals surface area (Å²) >= 11 is 2.19. The summed E-state index contributed by atoms with van der Waals surface area (Å²) < 4.78 is 1.11. The third-order valence-electron chi connectivity index (χ3n) is 1.75. The van der Waals surface area contributed by atoms with Gasteiger partial charge in [0.2, 0.25) is 0 Å². The van der Waals surface area contributed by atoms with Crippen LogP contribution in [0.1, 0.15) is 6.92 Å². The van der Waals surface area contributed by atoms with E-state index in [0.29, 0.717) is 0 Å². The number of halogens is 1. The van der Waals surface area contributed by atoms with Gasteiger partial charge in [-0.2, -0.15) is 0 Å². The Labute approximate surface area is 102 Å².